The Hall–Kier alpha value is -2.65. The number of hydrogen-bond donors (Lipinski definition) is 1. The predicted molar refractivity (Wildman–Crippen MR) is 118 cm³/mol. The van der Waals surface area contributed by atoms with Crippen LogP contribution in [0.1, 0.15) is 25.0 Å². The highest BCUT2D eigenvalue weighted by Crippen LogP contribution is 2.39. The molecule has 0 aliphatic carbocycles. The first kappa shape index (κ1) is 22.0. The molecule has 1 aliphatic rings. The van der Waals surface area contributed by atoms with Gasteiger partial charge in [-0.1, -0.05) is 12.1 Å². The second-order valence-corrected chi connectivity index (χ2v) is 8.08. The van der Waals surface area contributed by atoms with Gasteiger partial charge < -0.3 is 14.8 Å². The summed E-state index contributed by atoms with van der Waals surface area (Å²) >= 11 is 4.57. The monoisotopic (exact) mass is 492 g/mol. The maximum Gasteiger partial charge on any atom is 0.286 e. The summed E-state index contributed by atoms with van der Waals surface area (Å²) < 4.78 is 25.6. The zero-order valence-electron chi connectivity index (χ0n) is 16.2. The van der Waals surface area contributed by atoms with Crippen LogP contribution in [0.2, 0.25) is 0 Å². The number of carbonyl (C=O) groups excluding carboxylic acids is 2. The van der Waals surface area contributed by atoms with Crippen LogP contribution >= 0.6 is 27.7 Å². The van der Waals surface area contributed by atoms with Gasteiger partial charge in [-0.25, -0.2) is 4.39 Å². The largest absolute Gasteiger partial charge is 0.490 e. The van der Waals surface area contributed by atoms with Gasteiger partial charge in [0.05, 0.1) is 16.0 Å². The van der Waals surface area contributed by atoms with Crippen molar-refractivity contribution in [1.29, 1.82) is 0 Å². The van der Waals surface area contributed by atoms with Gasteiger partial charge in [-0.2, -0.15) is 4.99 Å². The summed E-state index contributed by atoms with van der Waals surface area (Å²) in [4.78, 5) is 27.4. The third-order valence-electron chi connectivity index (χ3n) is 3.81. The average molecular weight is 493 g/mol. The van der Waals surface area contributed by atoms with Crippen molar-refractivity contribution in [3.05, 3.63) is 62.7 Å². The van der Waals surface area contributed by atoms with E-state index in [9.17, 15) is 14.0 Å². The summed E-state index contributed by atoms with van der Waals surface area (Å²) in [6.45, 7) is 3.77. The van der Waals surface area contributed by atoms with Crippen molar-refractivity contribution in [2.24, 2.45) is 4.99 Å². The average Bonchev–Trinajstić information content (AvgIpc) is 2.99. The molecule has 2 amide bonds. The van der Waals surface area contributed by atoms with Crippen LogP contribution in [-0.2, 0) is 16.2 Å². The summed E-state index contributed by atoms with van der Waals surface area (Å²) in [7, 11) is 0. The van der Waals surface area contributed by atoms with E-state index in [1.807, 2.05) is 6.92 Å². The Labute approximate surface area is 185 Å². The first-order valence-corrected chi connectivity index (χ1v) is 10.6. The number of aliphatic imine (C=N–C) groups is 1. The van der Waals surface area contributed by atoms with Crippen molar-refractivity contribution in [2.45, 2.75) is 20.5 Å². The topological polar surface area (TPSA) is 77.0 Å². The Morgan fingerprint density at radius 2 is 2.10 bits per heavy atom. The zero-order chi connectivity index (χ0) is 21.7. The van der Waals surface area contributed by atoms with Gasteiger partial charge in [-0.15, -0.1) is 0 Å². The molecular weight excluding hydrogens is 475 g/mol. The number of halogens is 2. The van der Waals surface area contributed by atoms with Gasteiger partial charge in [-0.05, 0) is 76.1 Å². The third kappa shape index (κ3) is 5.70. The van der Waals surface area contributed by atoms with Gasteiger partial charge in [0.1, 0.15) is 12.4 Å². The van der Waals surface area contributed by atoms with Gasteiger partial charge in [0.25, 0.3) is 5.91 Å². The fourth-order valence-corrected chi connectivity index (χ4v) is 4.05. The number of carbonyl (C=O) groups is 2. The van der Waals surface area contributed by atoms with Crippen LogP contribution in [-0.4, -0.2) is 23.6 Å². The fraction of sp³-hybridized carbons (Fsp3) is 0.190. The molecule has 3 rings (SSSR count). The Morgan fingerprint density at radius 1 is 1.30 bits per heavy atom. The molecule has 0 saturated carbocycles. The van der Waals surface area contributed by atoms with Gasteiger partial charge in [0.15, 0.2) is 16.7 Å². The van der Waals surface area contributed by atoms with Gasteiger partial charge in [0.2, 0.25) is 5.91 Å². The highest BCUT2D eigenvalue weighted by atomic mass is 79.9. The van der Waals surface area contributed by atoms with Crippen molar-refractivity contribution < 1.29 is 23.5 Å². The Bertz CT molecular complexity index is 1060. The normalized spacial score (nSPS) is 14.6. The number of thioether (sulfide) groups is 1. The minimum Gasteiger partial charge on any atom is -0.490 e. The lowest BCUT2D eigenvalue weighted by molar-refractivity contribution is -0.117. The summed E-state index contributed by atoms with van der Waals surface area (Å²) in [5.41, 5.74) is 1.38. The maximum absolute atomic E-state index is 13.4. The molecule has 0 unspecified atom stereocenters. The van der Waals surface area contributed by atoms with Crippen LogP contribution in [0.5, 0.6) is 11.5 Å². The van der Waals surface area contributed by atoms with Crippen molar-refractivity contribution in [3.63, 3.8) is 0 Å². The second-order valence-electron chi connectivity index (χ2n) is 6.20. The number of rotatable bonds is 6. The van der Waals surface area contributed by atoms with Gasteiger partial charge in [-0.3, -0.25) is 9.59 Å². The Balaban J connectivity index is 1.82. The smallest absolute Gasteiger partial charge is 0.286 e. The highest BCUT2D eigenvalue weighted by molar-refractivity contribution is 9.10. The van der Waals surface area contributed by atoms with Crippen LogP contribution in [0.3, 0.4) is 0 Å². The number of amides is 2. The van der Waals surface area contributed by atoms with Crippen molar-refractivity contribution in [1.82, 2.24) is 5.32 Å². The molecule has 2 aromatic rings. The molecule has 0 radical (unpaired) electrons. The number of nitrogens with zero attached hydrogens (tertiary/aromatic N) is 1. The molecule has 0 saturated heterocycles. The summed E-state index contributed by atoms with van der Waals surface area (Å²) in [5.74, 6) is -0.0973. The van der Waals surface area contributed by atoms with Crippen LogP contribution < -0.4 is 14.8 Å². The van der Waals surface area contributed by atoms with Gasteiger partial charge in [0, 0.05) is 6.92 Å². The second kappa shape index (κ2) is 9.90. The third-order valence-corrected chi connectivity index (χ3v) is 5.29. The summed E-state index contributed by atoms with van der Waals surface area (Å²) in [6.07, 6.45) is 1.66. The number of hydrogen-bond acceptors (Lipinski definition) is 5. The van der Waals surface area contributed by atoms with Crippen molar-refractivity contribution in [3.8, 4) is 11.5 Å². The van der Waals surface area contributed by atoms with Crippen LogP contribution in [0, 0.1) is 5.82 Å². The lowest BCUT2D eigenvalue weighted by Crippen LogP contribution is -2.23. The van der Waals surface area contributed by atoms with E-state index in [0.29, 0.717) is 38.6 Å². The molecule has 0 atom stereocenters. The molecule has 0 fully saturated rings. The zero-order valence-corrected chi connectivity index (χ0v) is 18.6. The number of amidine groups is 1. The van der Waals surface area contributed by atoms with E-state index in [4.69, 9.17) is 9.47 Å². The molecular formula is C21H18BrFN2O4S. The van der Waals surface area contributed by atoms with E-state index in [0.717, 1.165) is 11.8 Å². The molecule has 0 bridgehead atoms. The number of benzene rings is 2. The first-order valence-electron chi connectivity index (χ1n) is 8.99. The van der Waals surface area contributed by atoms with Crippen LogP contribution in [0.25, 0.3) is 6.08 Å². The molecule has 6 nitrogen and oxygen atoms in total. The number of ether oxygens (including phenoxy) is 2. The molecule has 1 N–H and O–H groups in total. The minimum absolute atomic E-state index is 0.166. The molecule has 2 aromatic carbocycles. The maximum atomic E-state index is 13.4. The Kier molecular flexibility index (Phi) is 7.28. The Morgan fingerprint density at radius 3 is 2.80 bits per heavy atom. The van der Waals surface area contributed by atoms with Crippen molar-refractivity contribution >= 4 is 50.7 Å². The molecule has 156 valence electrons. The van der Waals surface area contributed by atoms with Gasteiger partial charge >= 0.3 is 0 Å². The molecule has 30 heavy (non-hydrogen) atoms. The first-order chi connectivity index (χ1) is 14.4. The van der Waals surface area contributed by atoms with E-state index in [-0.39, 0.29) is 23.5 Å². The van der Waals surface area contributed by atoms with E-state index in [1.165, 1.54) is 19.1 Å². The predicted octanol–water partition coefficient (Wildman–Crippen LogP) is 4.67. The fourth-order valence-electron chi connectivity index (χ4n) is 2.62. The molecule has 0 spiro atoms. The number of nitrogens with one attached hydrogen (secondary N) is 1. The SMILES string of the molecule is CCOc1cc(C=C2SC(NC(C)=O)=NC2=O)cc(Br)c1OCc1cccc(F)c1. The van der Waals surface area contributed by atoms with E-state index >= 15 is 0 Å². The van der Waals surface area contributed by atoms with E-state index < -0.39 is 5.91 Å². The minimum atomic E-state index is -0.427. The van der Waals surface area contributed by atoms with Crippen LogP contribution in [0.4, 0.5) is 4.39 Å². The molecule has 0 aromatic heterocycles. The van der Waals surface area contributed by atoms with Crippen LogP contribution in [0.15, 0.2) is 50.8 Å². The summed E-state index contributed by atoms with van der Waals surface area (Å²) in [6, 6.07) is 9.69. The summed E-state index contributed by atoms with van der Waals surface area (Å²) in [5, 5.41) is 2.76. The molecule has 1 heterocycles. The molecule has 9 heteroatoms. The standard InChI is InChI=1S/C21H18BrFN2O4S/c1-3-28-17-9-14(10-18-20(27)25-21(30-18)24-12(2)26)8-16(22)19(17)29-11-13-5-4-6-15(23)7-13/h4-10H,3,11H2,1-2H3,(H,24,25,26,27). The highest BCUT2D eigenvalue weighted by Gasteiger charge is 2.23. The van der Waals surface area contributed by atoms with E-state index in [1.54, 1.807) is 30.3 Å². The van der Waals surface area contributed by atoms with E-state index in [2.05, 4.69) is 26.2 Å². The molecule has 1 aliphatic heterocycles. The lowest BCUT2D eigenvalue weighted by atomic mass is 10.1. The van der Waals surface area contributed by atoms with Crippen molar-refractivity contribution in [2.75, 3.05) is 6.61 Å². The lowest BCUT2D eigenvalue weighted by Gasteiger charge is -2.15. The quantitative estimate of drug-likeness (QED) is 0.592.